The lowest BCUT2D eigenvalue weighted by molar-refractivity contribution is -0.123. The number of hydrogen-bond acceptors (Lipinski definition) is 8. The normalized spacial score (nSPS) is 12.7. The van der Waals surface area contributed by atoms with Crippen LogP contribution in [0.4, 0.5) is 4.79 Å². The van der Waals surface area contributed by atoms with Crippen LogP contribution in [0.3, 0.4) is 0 Å². The van der Waals surface area contributed by atoms with Gasteiger partial charge in [0.1, 0.15) is 11.8 Å². The maximum Gasteiger partial charge on any atom is 0.404 e. The van der Waals surface area contributed by atoms with Crippen molar-refractivity contribution in [1.29, 1.82) is 0 Å². The predicted octanol–water partition coefficient (Wildman–Crippen LogP) is 2.20. The number of nitrogens with one attached hydrogen (secondary N) is 1. The van der Waals surface area contributed by atoms with E-state index in [-0.39, 0.29) is 31.1 Å². The van der Waals surface area contributed by atoms with E-state index < -0.39 is 24.1 Å². The van der Waals surface area contributed by atoms with Crippen LogP contribution >= 0.6 is 0 Å². The molecule has 0 fully saturated rings. The van der Waals surface area contributed by atoms with E-state index in [1.54, 1.807) is 12.1 Å². The summed E-state index contributed by atoms with van der Waals surface area (Å²) >= 11 is 0. The minimum atomic E-state index is -0.921. The summed E-state index contributed by atoms with van der Waals surface area (Å²) in [5.74, 6) is 0.361. The summed E-state index contributed by atoms with van der Waals surface area (Å²) < 4.78 is 10.2. The van der Waals surface area contributed by atoms with Crippen LogP contribution in [-0.2, 0) is 22.4 Å². The van der Waals surface area contributed by atoms with Crippen molar-refractivity contribution in [1.82, 2.24) is 15.5 Å². The molecular weight excluding hydrogens is 438 g/mol. The largest absolute Gasteiger partial charge is 0.508 e. The summed E-state index contributed by atoms with van der Waals surface area (Å²) in [6.07, 6.45) is -0.0135. The Hall–Kier alpha value is -3.92. The number of aromatic hydroxyl groups is 1. The maximum absolute atomic E-state index is 12.9. The number of nitrogens with zero attached hydrogens (tertiary/aromatic N) is 2. The molecule has 3 aromatic rings. The fourth-order valence-corrected chi connectivity index (χ4v) is 3.68. The predicted molar refractivity (Wildman–Crippen MR) is 124 cm³/mol. The number of aromatic nitrogens is 2. The lowest BCUT2D eigenvalue weighted by atomic mass is 9.96. The van der Waals surface area contributed by atoms with E-state index in [0.717, 1.165) is 22.3 Å². The number of ether oxygens (including phenoxy) is 1. The fraction of sp³-hybridized carbons (Fsp3) is 0.333. The van der Waals surface area contributed by atoms with Gasteiger partial charge in [-0.05, 0) is 54.7 Å². The van der Waals surface area contributed by atoms with Gasteiger partial charge in [-0.25, -0.2) is 4.79 Å². The number of primary amides is 1. The number of hydrogen-bond donors (Lipinski definition) is 4. The SMILES string of the molecule is Cc1cc(O)cc(C)c1CC(N)C(=O)NC(CCOC(N)=O)c1nc(Cc2ccccc2)no1. The van der Waals surface area contributed by atoms with Crippen LogP contribution in [-0.4, -0.2) is 39.9 Å². The van der Waals surface area contributed by atoms with Crippen LogP contribution in [0.15, 0.2) is 47.0 Å². The van der Waals surface area contributed by atoms with E-state index in [1.165, 1.54) is 0 Å². The van der Waals surface area contributed by atoms with Gasteiger partial charge < -0.3 is 31.2 Å². The monoisotopic (exact) mass is 467 g/mol. The third-order valence-electron chi connectivity index (χ3n) is 5.40. The van der Waals surface area contributed by atoms with Crippen LogP contribution in [0.5, 0.6) is 5.75 Å². The van der Waals surface area contributed by atoms with Crippen LogP contribution < -0.4 is 16.8 Å². The number of benzene rings is 2. The van der Waals surface area contributed by atoms with Crippen molar-refractivity contribution in [2.75, 3.05) is 6.61 Å². The molecule has 0 aliphatic rings. The molecule has 2 unspecified atom stereocenters. The summed E-state index contributed by atoms with van der Waals surface area (Å²) in [6.45, 7) is 3.65. The molecule has 0 bridgehead atoms. The average Bonchev–Trinajstić information content (AvgIpc) is 3.24. The quantitative estimate of drug-likeness (QED) is 0.352. The van der Waals surface area contributed by atoms with Crippen molar-refractivity contribution in [3.63, 3.8) is 0 Å². The fourth-order valence-electron chi connectivity index (χ4n) is 3.68. The Morgan fingerprint density at radius 1 is 1.18 bits per heavy atom. The number of rotatable bonds is 10. The Morgan fingerprint density at radius 2 is 1.85 bits per heavy atom. The number of phenols is 1. The van der Waals surface area contributed by atoms with Gasteiger partial charge >= 0.3 is 6.09 Å². The van der Waals surface area contributed by atoms with Crippen molar-refractivity contribution >= 4 is 12.0 Å². The molecule has 6 N–H and O–H groups in total. The molecular formula is C24H29N5O5. The molecule has 10 heteroatoms. The Labute approximate surface area is 197 Å². The van der Waals surface area contributed by atoms with Crippen LogP contribution in [0.2, 0.25) is 0 Å². The van der Waals surface area contributed by atoms with Crippen molar-refractivity contribution < 1.29 is 24.0 Å². The molecule has 1 aromatic heterocycles. The van der Waals surface area contributed by atoms with Crippen molar-refractivity contribution in [3.05, 3.63) is 76.4 Å². The van der Waals surface area contributed by atoms with Crippen LogP contribution in [0.1, 0.15) is 46.4 Å². The molecule has 180 valence electrons. The minimum Gasteiger partial charge on any atom is -0.508 e. The van der Waals surface area contributed by atoms with Gasteiger partial charge in [0.2, 0.25) is 11.8 Å². The molecule has 2 amide bonds. The lowest BCUT2D eigenvalue weighted by Gasteiger charge is -2.19. The maximum atomic E-state index is 12.9. The molecule has 2 atom stereocenters. The van der Waals surface area contributed by atoms with Gasteiger partial charge in [0.05, 0.1) is 12.6 Å². The van der Waals surface area contributed by atoms with Crippen molar-refractivity contribution in [2.45, 2.75) is 45.2 Å². The first kappa shape index (κ1) is 24.7. The molecule has 34 heavy (non-hydrogen) atoms. The Balaban J connectivity index is 1.71. The first-order valence-electron chi connectivity index (χ1n) is 10.9. The Kier molecular flexibility index (Phi) is 8.20. The van der Waals surface area contributed by atoms with Gasteiger partial charge in [-0.15, -0.1) is 0 Å². The number of aryl methyl sites for hydroxylation is 2. The molecule has 0 saturated heterocycles. The topological polar surface area (TPSA) is 167 Å². The van der Waals surface area contributed by atoms with Gasteiger partial charge in [-0.3, -0.25) is 4.79 Å². The highest BCUT2D eigenvalue weighted by molar-refractivity contribution is 5.82. The molecule has 2 aromatic carbocycles. The zero-order valence-electron chi connectivity index (χ0n) is 19.2. The number of carbonyl (C=O) groups excluding carboxylic acids is 2. The minimum absolute atomic E-state index is 0.0535. The van der Waals surface area contributed by atoms with Gasteiger partial charge in [-0.2, -0.15) is 4.98 Å². The zero-order valence-corrected chi connectivity index (χ0v) is 19.2. The van der Waals surface area contributed by atoms with E-state index in [4.69, 9.17) is 20.7 Å². The first-order chi connectivity index (χ1) is 16.2. The van der Waals surface area contributed by atoms with E-state index in [0.29, 0.717) is 12.2 Å². The molecule has 0 spiro atoms. The summed E-state index contributed by atoms with van der Waals surface area (Å²) in [6, 6.07) is 11.3. The van der Waals surface area contributed by atoms with Crippen molar-refractivity contribution in [2.24, 2.45) is 11.5 Å². The molecule has 10 nitrogen and oxygen atoms in total. The third kappa shape index (κ3) is 6.79. The number of amides is 2. The van der Waals surface area contributed by atoms with E-state index in [1.807, 2.05) is 44.2 Å². The van der Waals surface area contributed by atoms with E-state index in [9.17, 15) is 14.7 Å². The number of carbonyl (C=O) groups is 2. The summed E-state index contributed by atoms with van der Waals surface area (Å²) in [5.41, 5.74) is 14.8. The number of phenolic OH excluding ortho intramolecular Hbond substituents is 1. The van der Waals surface area contributed by atoms with E-state index >= 15 is 0 Å². The summed E-state index contributed by atoms with van der Waals surface area (Å²) in [7, 11) is 0. The summed E-state index contributed by atoms with van der Waals surface area (Å²) in [4.78, 5) is 28.3. The molecule has 0 aliphatic heterocycles. The highest BCUT2D eigenvalue weighted by Gasteiger charge is 2.25. The molecule has 0 aliphatic carbocycles. The second kappa shape index (κ2) is 11.3. The van der Waals surface area contributed by atoms with Gasteiger partial charge in [0.15, 0.2) is 5.82 Å². The van der Waals surface area contributed by atoms with Gasteiger partial charge in [0.25, 0.3) is 0 Å². The summed E-state index contributed by atoms with van der Waals surface area (Å²) in [5, 5.41) is 16.6. The second-order valence-corrected chi connectivity index (χ2v) is 8.10. The molecule has 0 radical (unpaired) electrons. The Morgan fingerprint density at radius 3 is 2.50 bits per heavy atom. The second-order valence-electron chi connectivity index (χ2n) is 8.10. The molecule has 3 rings (SSSR count). The Bertz CT molecular complexity index is 1110. The van der Waals surface area contributed by atoms with Gasteiger partial charge in [-0.1, -0.05) is 35.5 Å². The highest BCUT2D eigenvalue weighted by Crippen LogP contribution is 2.22. The average molecular weight is 468 g/mol. The van der Waals surface area contributed by atoms with Crippen LogP contribution in [0.25, 0.3) is 0 Å². The standard InChI is InChI=1S/C24H29N5O5/c1-14-10-17(30)11-15(2)18(14)13-19(25)22(31)27-20(8-9-33-24(26)32)23-28-21(29-34-23)12-16-6-4-3-5-7-16/h3-7,10-11,19-20,30H,8-9,12-13,25H2,1-2H3,(H2,26,32)(H,27,31). The third-order valence-corrected chi connectivity index (χ3v) is 5.40. The first-order valence-corrected chi connectivity index (χ1v) is 10.9. The van der Waals surface area contributed by atoms with Gasteiger partial charge in [0, 0.05) is 12.8 Å². The number of nitrogens with two attached hydrogens (primary N) is 2. The lowest BCUT2D eigenvalue weighted by Crippen LogP contribution is -2.44. The van der Waals surface area contributed by atoms with E-state index in [2.05, 4.69) is 15.5 Å². The zero-order chi connectivity index (χ0) is 24.7. The molecule has 1 heterocycles. The van der Waals surface area contributed by atoms with Crippen LogP contribution in [0, 0.1) is 13.8 Å². The highest BCUT2D eigenvalue weighted by atomic mass is 16.5. The smallest absolute Gasteiger partial charge is 0.404 e. The molecule has 0 saturated carbocycles. The van der Waals surface area contributed by atoms with Crippen molar-refractivity contribution in [3.8, 4) is 5.75 Å².